The fourth-order valence-electron chi connectivity index (χ4n) is 0. The predicted molar refractivity (Wildman–Crippen MR) is 30.7 cm³/mol. The van der Waals surface area contributed by atoms with E-state index in [0.717, 1.165) is 6.08 Å². The summed E-state index contributed by atoms with van der Waals surface area (Å²) in [5.41, 5.74) is 0. The molecule has 0 aromatic rings. The van der Waals surface area contributed by atoms with Crippen molar-refractivity contribution in [1.29, 1.82) is 0 Å². The molecule has 0 radical (unpaired) electrons. The quantitative estimate of drug-likeness (QED) is 0.362. The van der Waals surface area contributed by atoms with Crippen LogP contribution in [0.25, 0.3) is 0 Å². The first kappa shape index (κ1) is 24.9. The Balaban J connectivity index is -0.0000000267. The largest absolute Gasteiger partial charge is 2.00 e. The molecule has 0 aromatic heterocycles. The molecule has 0 aliphatic carbocycles. The second kappa shape index (κ2) is 15.8. The van der Waals surface area contributed by atoms with E-state index in [2.05, 4.69) is 6.58 Å². The fraction of sp³-hybridized carbons (Fsp3) is 0. The average molecular weight is 168 g/mol. The van der Waals surface area contributed by atoms with Gasteiger partial charge in [0.15, 0.2) is 0 Å². The van der Waals surface area contributed by atoms with Crippen LogP contribution in [0.4, 0.5) is 0 Å². The first-order valence-electron chi connectivity index (χ1n) is 1.12. The van der Waals surface area contributed by atoms with E-state index in [9.17, 15) is 4.79 Å². The van der Waals surface area contributed by atoms with Crippen LogP contribution in [0.2, 0.25) is 0 Å². The summed E-state index contributed by atoms with van der Waals surface area (Å²) in [6, 6.07) is 0. The first-order valence-corrected chi connectivity index (χ1v) is 1.12. The zero-order valence-electron chi connectivity index (χ0n) is 5.35. The van der Waals surface area contributed by atoms with Crippen molar-refractivity contribution in [1.82, 2.24) is 0 Å². The Bertz CT molecular complexity index is 61.4. The molecular weight excluding hydrogens is 157 g/mol. The van der Waals surface area contributed by atoms with Gasteiger partial charge in [-0.2, -0.15) is 0 Å². The molecule has 1 N–H and O–H groups in total. The van der Waals surface area contributed by atoms with Crippen LogP contribution in [0.5, 0.6) is 0 Å². The van der Waals surface area contributed by atoms with Crippen LogP contribution in [0, 0.1) is 14.9 Å². The van der Waals surface area contributed by atoms with Gasteiger partial charge < -0.3 is 20.0 Å². The second-order valence-electron chi connectivity index (χ2n) is 0.542. The van der Waals surface area contributed by atoms with Gasteiger partial charge in [0.05, 0.1) is 0 Å². The van der Waals surface area contributed by atoms with Crippen molar-refractivity contribution in [3.63, 3.8) is 0 Å². The number of hydrogen-bond acceptors (Lipinski definition) is 1. The van der Waals surface area contributed by atoms with Gasteiger partial charge in [-0.25, -0.2) is 4.79 Å². The summed E-state index contributed by atoms with van der Waals surface area (Å²) in [4.78, 5) is 9.25. The van der Waals surface area contributed by atoms with Crippen molar-refractivity contribution in [2.45, 2.75) is 0 Å². The normalized spacial score (nSPS) is 4.00. The number of carbonyl (C=O) groups is 1. The molecule has 0 heterocycles. The summed E-state index contributed by atoms with van der Waals surface area (Å²) >= 11 is 0. The Morgan fingerprint density at radius 2 is 1.62 bits per heavy atom. The second-order valence-corrected chi connectivity index (χ2v) is 0.542. The number of hydrogen-bond donors (Lipinski definition) is 1. The number of carboxylic acids is 1. The van der Waals surface area contributed by atoms with E-state index >= 15 is 0 Å². The van der Waals surface area contributed by atoms with E-state index in [1.165, 1.54) is 0 Å². The topological polar surface area (TPSA) is 37.3 Å². The number of carboxylic acid groups (broad SMARTS) is 1. The molecule has 0 spiro atoms. The molecule has 3 heteroatoms. The Hall–Kier alpha value is -0.167. The fourth-order valence-corrected chi connectivity index (χ4v) is 0. The smallest absolute Gasteiger partial charge is 0.478 e. The third-order valence-electron chi connectivity index (χ3n) is 0.175. The van der Waals surface area contributed by atoms with Crippen LogP contribution in [-0.4, -0.2) is 11.1 Å². The zero-order chi connectivity index (χ0) is 4.28. The monoisotopic (exact) mass is 166 g/mol. The average Bonchev–Trinajstić information content (AvgIpc) is 1.38. The van der Waals surface area contributed by atoms with Crippen molar-refractivity contribution in [2.75, 3.05) is 0 Å². The van der Waals surface area contributed by atoms with Crippen LogP contribution in [-0.2, 0) is 24.3 Å². The van der Waals surface area contributed by atoms with Gasteiger partial charge in [-0.05, 0) is 0 Å². The Morgan fingerprint density at radius 3 is 1.62 bits per heavy atom. The molecule has 0 unspecified atom stereocenters. The first-order chi connectivity index (χ1) is 2.27. The van der Waals surface area contributed by atoms with Crippen molar-refractivity contribution < 1.29 is 29.4 Å². The molecule has 44 valence electrons. The minimum absolute atomic E-state index is 0. The molecule has 2 nitrogen and oxygen atoms in total. The third kappa shape index (κ3) is 40.5. The molecule has 0 bridgehead atoms. The Labute approximate surface area is 63.4 Å². The van der Waals surface area contributed by atoms with Gasteiger partial charge in [-0.15, -0.1) is 0 Å². The molecular formula is C5H10O2Zn. The third-order valence-corrected chi connectivity index (χ3v) is 0.175. The van der Waals surface area contributed by atoms with Crippen molar-refractivity contribution >= 4 is 5.97 Å². The van der Waals surface area contributed by atoms with Gasteiger partial charge >= 0.3 is 25.4 Å². The predicted octanol–water partition coefficient (Wildman–Crippen LogP) is 1.16. The summed E-state index contributed by atoms with van der Waals surface area (Å²) in [7, 11) is 0. The van der Waals surface area contributed by atoms with Gasteiger partial charge in [0.1, 0.15) is 0 Å². The van der Waals surface area contributed by atoms with Gasteiger partial charge in [0.25, 0.3) is 0 Å². The van der Waals surface area contributed by atoms with Crippen LogP contribution >= 0.6 is 0 Å². The van der Waals surface area contributed by atoms with E-state index < -0.39 is 5.97 Å². The minimum Gasteiger partial charge on any atom is -0.478 e. The van der Waals surface area contributed by atoms with E-state index in [4.69, 9.17) is 5.11 Å². The van der Waals surface area contributed by atoms with Crippen molar-refractivity contribution in [3.05, 3.63) is 27.5 Å². The minimum atomic E-state index is -0.981. The summed E-state index contributed by atoms with van der Waals surface area (Å²) in [5.74, 6) is -0.981. The molecule has 0 rings (SSSR count). The summed E-state index contributed by atoms with van der Waals surface area (Å²) in [6.07, 6.45) is 0.833. The van der Waals surface area contributed by atoms with Gasteiger partial charge in [0, 0.05) is 6.08 Å². The van der Waals surface area contributed by atoms with E-state index in [0.29, 0.717) is 0 Å². The summed E-state index contributed by atoms with van der Waals surface area (Å²) in [5, 5.41) is 7.60. The van der Waals surface area contributed by atoms with Crippen molar-refractivity contribution in [2.24, 2.45) is 0 Å². The standard InChI is InChI=1S/C3H4O2.2CH3.Zn/c1-2-3(4)5;;;/h2H,1H2,(H,4,5);2*1H3;/q;2*-1;+2. The molecule has 0 fully saturated rings. The van der Waals surface area contributed by atoms with Crippen LogP contribution in [0.15, 0.2) is 12.7 Å². The van der Waals surface area contributed by atoms with Crippen LogP contribution in [0.3, 0.4) is 0 Å². The van der Waals surface area contributed by atoms with E-state index in [-0.39, 0.29) is 34.3 Å². The molecule has 0 saturated heterocycles. The van der Waals surface area contributed by atoms with Crippen LogP contribution in [0.1, 0.15) is 0 Å². The summed E-state index contributed by atoms with van der Waals surface area (Å²) < 4.78 is 0. The Morgan fingerprint density at radius 1 is 1.50 bits per heavy atom. The molecule has 0 aliphatic rings. The number of aliphatic carboxylic acids is 1. The molecule has 0 aliphatic heterocycles. The van der Waals surface area contributed by atoms with Gasteiger partial charge in [-0.3, -0.25) is 0 Å². The maximum atomic E-state index is 9.25. The SMILES string of the molecule is C=CC(=O)O.[CH3-].[CH3-].[Zn+2]. The molecule has 0 amide bonds. The van der Waals surface area contributed by atoms with Gasteiger partial charge in [0.2, 0.25) is 0 Å². The molecule has 0 atom stereocenters. The van der Waals surface area contributed by atoms with E-state index in [1.54, 1.807) is 0 Å². The van der Waals surface area contributed by atoms with Gasteiger partial charge in [-0.1, -0.05) is 6.58 Å². The number of rotatable bonds is 1. The maximum Gasteiger partial charge on any atom is 2.00 e. The maximum absolute atomic E-state index is 9.25. The van der Waals surface area contributed by atoms with Crippen LogP contribution < -0.4 is 0 Å². The molecule has 8 heavy (non-hydrogen) atoms. The molecule has 0 saturated carbocycles. The summed E-state index contributed by atoms with van der Waals surface area (Å²) in [6.45, 7) is 2.96. The van der Waals surface area contributed by atoms with Crippen molar-refractivity contribution in [3.8, 4) is 0 Å². The zero-order valence-corrected chi connectivity index (χ0v) is 8.31. The van der Waals surface area contributed by atoms with E-state index in [1.807, 2.05) is 0 Å². The Kier molecular flexibility index (Phi) is 49.2. The molecule has 0 aromatic carbocycles.